The van der Waals surface area contributed by atoms with Crippen LogP contribution in [0.1, 0.15) is 12.0 Å². The summed E-state index contributed by atoms with van der Waals surface area (Å²) < 4.78 is 28.1. The Morgan fingerprint density at radius 1 is 1.00 bits per heavy atom. The highest BCUT2D eigenvalue weighted by atomic mass is 19.3. The lowest BCUT2D eigenvalue weighted by Gasteiger charge is -2.23. The van der Waals surface area contributed by atoms with Gasteiger partial charge in [0.1, 0.15) is 0 Å². The van der Waals surface area contributed by atoms with Crippen LogP contribution in [0.5, 0.6) is 0 Å². The van der Waals surface area contributed by atoms with Crippen LogP contribution in [0.3, 0.4) is 0 Å². The largest absolute Gasteiger partial charge is 0.325 e. The first-order valence-corrected chi connectivity index (χ1v) is 6.75. The van der Waals surface area contributed by atoms with Gasteiger partial charge in [-0.15, -0.1) is 0 Å². The van der Waals surface area contributed by atoms with Crippen LogP contribution in [-0.4, -0.2) is 18.9 Å². The number of hydrogen-bond acceptors (Lipinski definition) is 1. The quantitative estimate of drug-likeness (QED) is 0.817. The molecule has 0 saturated carbocycles. The smallest absolute Gasteiger partial charge is 0.310 e. The summed E-state index contributed by atoms with van der Waals surface area (Å²) in [5, 5.41) is 0. The SMILES string of the molecule is CN(C(=O)C(F)(F)CCc1ccccc1)c1ccccc1. The normalized spacial score (nSPS) is 11.2. The molecule has 1 amide bonds. The second-order valence-electron chi connectivity index (χ2n) is 4.89. The zero-order valence-electron chi connectivity index (χ0n) is 11.8. The number of carbonyl (C=O) groups is 1. The van der Waals surface area contributed by atoms with Gasteiger partial charge in [0.05, 0.1) is 0 Å². The summed E-state index contributed by atoms with van der Waals surface area (Å²) in [5.41, 5.74) is 1.26. The molecule has 0 aliphatic rings. The first-order chi connectivity index (χ1) is 10.0. The zero-order chi connectivity index (χ0) is 15.3. The molecule has 2 aromatic rings. The van der Waals surface area contributed by atoms with Crippen LogP contribution in [0, 0.1) is 0 Å². The number of halogens is 2. The highest BCUT2D eigenvalue weighted by Gasteiger charge is 2.40. The molecule has 0 atom stereocenters. The number of anilines is 1. The van der Waals surface area contributed by atoms with E-state index >= 15 is 0 Å². The summed E-state index contributed by atoms with van der Waals surface area (Å²) >= 11 is 0. The van der Waals surface area contributed by atoms with Crippen molar-refractivity contribution in [2.24, 2.45) is 0 Å². The van der Waals surface area contributed by atoms with E-state index in [0.717, 1.165) is 10.5 Å². The molecule has 0 aromatic heterocycles. The van der Waals surface area contributed by atoms with Crippen molar-refractivity contribution < 1.29 is 13.6 Å². The van der Waals surface area contributed by atoms with E-state index in [9.17, 15) is 13.6 Å². The minimum atomic E-state index is -3.37. The first-order valence-electron chi connectivity index (χ1n) is 6.75. The number of aryl methyl sites for hydroxylation is 1. The fraction of sp³-hybridized carbons (Fsp3) is 0.235. The summed E-state index contributed by atoms with van der Waals surface area (Å²) in [6.45, 7) is 0. The van der Waals surface area contributed by atoms with Crippen LogP contribution in [0.25, 0.3) is 0 Å². The monoisotopic (exact) mass is 289 g/mol. The minimum Gasteiger partial charge on any atom is -0.310 e. The summed E-state index contributed by atoms with van der Waals surface area (Å²) in [6, 6.07) is 17.4. The average Bonchev–Trinajstić information content (AvgIpc) is 2.53. The van der Waals surface area contributed by atoms with E-state index in [1.54, 1.807) is 54.6 Å². The van der Waals surface area contributed by atoms with Crippen molar-refractivity contribution >= 4 is 11.6 Å². The molecule has 0 radical (unpaired) electrons. The molecular weight excluding hydrogens is 272 g/mol. The van der Waals surface area contributed by atoms with Crippen molar-refractivity contribution in [1.82, 2.24) is 0 Å². The molecular formula is C17H17F2NO. The van der Waals surface area contributed by atoms with Gasteiger partial charge < -0.3 is 4.90 Å². The Morgan fingerprint density at radius 3 is 2.10 bits per heavy atom. The van der Waals surface area contributed by atoms with E-state index < -0.39 is 18.3 Å². The molecule has 0 aliphatic heterocycles. The van der Waals surface area contributed by atoms with Crippen LogP contribution in [0.4, 0.5) is 14.5 Å². The molecule has 0 aliphatic carbocycles. The molecule has 0 bridgehead atoms. The highest BCUT2D eigenvalue weighted by molar-refractivity contribution is 5.97. The summed E-state index contributed by atoms with van der Waals surface area (Å²) in [4.78, 5) is 13.0. The van der Waals surface area contributed by atoms with Crippen molar-refractivity contribution in [2.45, 2.75) is 18.8 Å². The Labute approximate surface area is 123 Å². The van der Waals surface area contributed by atoms with E-state index in [1.165, 1.54) is 7.05 Å². The van der Waals surface area contributed by atoms with Gasteiger partial charge in [-0.3, -0.25) is 4.79 Å². The zero-order valence-corrected chi connectivity index (χ0v) is 11.8. The summed E-state index contributed by atoms with van der Waals surface area (Å²) in [7, 11) is 1.37. The second-order valence-corrected chi connectivity index (χ2v) is 4.89. The van der Waals surface area contributed by atoms with Gasteiger partial charge in [0.15, 0.2) is 0 Å². The van der Waals surface area contributed by atoms with Gasteiger partial charge in [0, 0.05) is 19.2 Å². The van der Waals surface area contributed by atoms with Crippen molar-refractivity contribution in [3.05, 3.63) is 66.2 Å². The van der Waals surface area contributed by atoms with Crippen molar-refractivity contribution in [2.75, 3.05) is 11.9 Å². The molecule has 0 heterocycles. The molecule has 110 valence electrons. The molecule has 21 heavy (non-hydrogen) atoms. The molecule has 0 N–H and O–H groups in total. The van der Waals surface area contributed by atoms with E-state index in [-0.39, 0.29) is 6.42 Å². The fourth-order valence-corrected chi connectivity index (χ4v) is 2.07. The van der Waals surface area contributed by atoms with Crippen LogP contribution in [0.15, 0.2) is 60.7 Å². The van der Waals surface area contributed by atoms with Crippen molar-refractivity contribution in [3.63, 3.8) is 0 Å². The Bertz CT molecular complexity index is 584. The first kappa shape index (κ1) is 15.2. The van der Waals surface area contributed by atoms with Crippen LogP contribution < -0.4 is 4.90 Å². The van der Waals surface area contributed by atoms with E-state index in [0.29, 0.717) is 5.69 Å². The van der Waals surface area contributed by atoms with Gasteiger partial charge in [-0.25, -0.2) is 0 Å². The molecule has 0 fully saturated rings. The predicted octanol–water partition coefficient (Wildman–Crippen LogP) is 3.92. The maximum Gasteiger partial charge on any atom is 0.325 e. The predicted molar refractivity (Wildman–Crippen MR) is 79.6 cm³/mol. The number of nitrogens with zero attached hydrogens (tertiary/aromatic N) is 1. The number of alkyl halides is 2. The Hall–Kier alpha value is -2.23. The average molecular weight is 289 g/mol. The standard InChI is InChI=1S/C17H17F2NO/c1-20(15-10-6-3-7-11-15)16(21)17(18,19)13-12-14-8-4-2-5-9-14/h2-11H,12-13H2,1H3. The molecule has 2 aromatic carbocycles. The second kappa shape index (κ2) is 6.48. The number of amides is 1. The fourth-order valence-electron chi connectivity index (χ4n) is 2.07. The molecule has 2 rings (SSSR count). The topological polar surface area (TPSA) is 20.3 Å². The third kappa shape index (κ3) is 3.88. The lowest BCUT2D eigenvalue weighted by atomic mass is 10.1. The van der Waals surface area contributed by atoms with E-state index in [1.807, 2.05) is 6.07 Å². The number of benzene rings is 2. The van der Waals surface area contributed by atoms with Gasteiger partial charge in [-0.2, -0.15) is 8.78 Å². The Kier molecular flexibility index (Phi) is 4.68. The van der Waals surface area contributed by atoms with Gasteiger partial charge in [-0.05, 0) is 24.1 Å². The maximum absolute atomic E-state index is 14.0. The molecule has 2 nitrogen and oxygen atoms in total. The lowest BCUT2D eigenvalue weighted by Crippen LogP contribution is -2.41. The molecule has 4 heteroatoms. The van der Waals surface area contributed by atoms with Crippen molar-refractivity contribution in [3.8, 4) is 0 Å². The van der Waals surface area contributed by atoms with Crippen LogP contribution in [-0.2, 0) is 11.2 Å². The number of rotatable bonds is 5. The van der Waals surface area contributed by atoms with Gasteiger partial charge in [0.25, 0.3) is 5.91 Å². The van der Waals surface area contributed by atoms with Crippen LogP contribution in [0.2, 0.25) is 0 Å². The summed E-state index contributed by atoms with van der Waals surface area (Å²) in [5.74, 6) is -4.55. The Balaban J connectivity index is 2.03. The highest BCUT2D eigenvalue weighted by Crippen LogP contribution is 2.26. The minimum absolute atomic E-state index is 0.169. The van der Waals surface area contributed by atoms with Gasteiger partial charge >= 0.3 is 5.92 Å². The third-order valence-corrected chi connectivity index (χ3v) is 3.33. The van der Waals surface area contributed by atoms with E-state index in [4.69, 9.17) is 0 Å². The number of carbonyl (C=O) groups excluding carboxylic acids is 1. The van der Waals surface area contributed by atoms with Crippen LogP contribution >= 0.6 is 0 Å². The van der Waals surface area contributed by atoms with Crippen molar-refractivity contribution in [1.29, 1.82) is 0 Å². The van der Waals surface area contributed by atoms with E-state index in [2.05, 4.69) is 0 Å². The van der Waals surface area contributed by atoms with Gasteiger partial charge in [0.2, 0.25) is 0 Å². The van der Waals surface area contributed by atoms with Gasteiger partial charge in [-0.1, -0.05) is 48.5 Å². The lowest BCUT2D eigenvalue weighted by molar-refractivity contribution is -0.143. The molecule has 0 unspecified atom stereocenters. The number of para-hydroxylation sites is 1. The summed E-state index contributed by atoms with van der Waals surface area (Å²) in [6.07, 6.45) is -0.324. The Morgan fingerprint density at radius 2 is 1.52 bits per heavy atom. The molecule has 0 spiro atoms. The number of hydrogen-bond donors (Lipinski definition) is 0. The maximum atomic E-state index is 14.0. The molecule has 0 saturated heterocycles. The third-order valence-electron chi connectivity index (χ3n) is 3.33.